The van der Waals surface area contributed by atoms with Gasteiger partial charge in [-0.1, -0.05) is 0 Å². The van der Waals surface area contributed by atoms with Gasteiger partial charge in [-0.25, -0.2) is 5.43 Å². The Kier molecular flexibility index (Phi) is 6.22. The molecule has 2 aromatic rings. The molecule has 0 spiro atoms. The maximum Gasteiger partial charge on any atom is 0.271 e. The highest BCUT2D eigenvalue weighted by Crippen LogP contribution is 2.37. The van der Waals surface area contributed by atoms with Crippen molar-refractivity contribution in [2.24, 2.45) is 5.10 Å². The standard InChI is InChI=1S/C18H20N2O5/c1-22-14-7-5-13(6-8-14)18(21)20-19-11-12-9-15(23-2)17(25-4)16(10-12)24-3/h5-11H,1-4H3,(H,20,21)/b19-11-. The lowest BCUT2D eigenvalue weighted by molar-refractivity contribution is 0.0955. The summed E-state index contributed by atoms with van der Waals surface area (Å²) in [5, 5.41) is 3.96. The highest BCUT2D eigenvalue weighted by molar-refractivity contribution is 5.95. The van der Waals surface area contributed by atoms with Crippen LogP contribution in [-0.4, -0.2) is 40.6 Å². The largest absolute Gasteiger partial charge is 0.497 e. The number of rotatable bonds is 7. The molecule has 0 aliphatic carbocycles. The van der Waals surface area contributed by atoms with Crippen molar-refractivity contribution in [2.75, 3.05) is 28.4 Å². The Morgan fingerprint density at radius 3 is 2.00 bits per heavy atom. The number of hydrogen-bond acceptors (Lipinski definition) is 6. The first-order chi connectivity index (χ1) is 12.1. The van der Waals surface area contributed by atoms with Gasteiger partial charge in [-0.15, -0.1) is 0 Å². The molecule has 0 saturated heterocycles. The Morgan fingerprint density at radius 2 is 1.52 bits per heavy atom. The highest BCUT2D eigenvalue weighted by Gasteiger charge is 2.12. The van der Waals surface area contributed by atoms with Crippen LogP contribution in [0.2, 0.25) is 0 Å². The fourth-order valence-electron chi connectivity index (χ4n) is 2.15. The summed E-state index contributed by atoms with van der Waals surface area (Å²) in [7, 11) is 6.16. The molecule has 7 nitrogen and oxygen atoms in total. The number of benzene rings is 2. The Hall–Kier alpha value is -3.22. The molecule has 0 fully saturated rings. The molecule has 2 rings (SSSR count). The zero-order valence-corrected chi connectivity index (χ0v) is 14.5. The van der Waals surface area contributed by atoms with Gasteiger partial charge in [-0.2, -0.15) is 5.10 Å². The maximum absolute atomic E-state index is 12.0. The third-order valence-corrected chi connectivity index (χ3v) is 3.42. The molecule has 0 heterocycles. The fourth-order valence-corrected chi connectivity index (χ4v) is 2.15. The number of carbonyl (C=O) groups excluding carboxylic acids is 1. The smallest absolute Gasteiger partial charge is 0.271 e. The van der Waals surface area contributed by atoms with Crippen molar-refractivity contribution in [3.63, 3.8) is 0 Å². The summed E-state index contributed by atoms with van der Waals surface area (Å²) in [6.45, 7) is 0. The van der Waals surface area contributed by atoms with Crippen LogP contribution < -0.4 is 24.4 Å². The van der Waals surface area contributed by atoms with E-state index < -0.39 is 0 Å². The quantitative estimate of drug-likeness (QED) is 0.617. The summed E-state index contributed by atoms with van der Waals surface area (Å²) in [5.41, 5.74) is 3.62. The molecule has 7 heteroatoms. The molecule has 2 aromatic carbocycles. The van der Waals surface area contributed by atoms with Crippen LogP contribution in [0.5, 0.6) is 23.0 Å². The van der Waals surface area contributed by atoms with Crippen LogP contribution in [0.3, 0.4) is 0 Å². The third-order valence-electron chi connectivity index (χ3n) is 3.42. The molecular formula is C18H20N2O5. The number of ether oxygens (including phenoxy) is 4. The van der Waals surface area contributed by atoms with Crippen molar-refractivity contribution in [2.45, 2.75) is 0 Å². The lowest BCUT2D eigenvalue weighted by atomic mass is 10.2. The lowest BCUT2D eigenvalue weighted by Crippen LogP contribution is -2.17. The van der Waals surface area contributed by atoms with Gasteiger partial charge in [0.2, 0.25) is 5.75 Å². The van der Waals surface area contributed by atoms with Crippen molar-refractivity contribution in [3.05, 3.63) is 47.5 Å². The number of nitrogens with one attached hydrogen (secondary N) is 1. The van der Waals surface area contributed by atoms with Crippen LogP contribution >= 0.6 is 0 Å². The number of nitrogens with zero attached hydrogens (tertiary/aromatic N) is 1. The van der Waals surface area contributed by atoms with Crippen LogP contribution in [0, 0.1) is 0 Å². The van der Waals surface area contributed by atoms with Crippen LogP contribution in [0.4, 0.5) is 0 Å². The van der Waals surface area contributed by atoms with E-state index in [4.69, 9.17) is 18.9 Å². The van der Waals surface area contributed by atoms with E-state index >= 15 is 0 Å². The normalized spacial score (nSPS) is 10.4. The topological polar surface area (TPSA) is 78.4 Å². The molecule has 0 radical (unpaired) electrons. The van der Waals surface area contributed by atoms with E-state index in [9.17, 15) is 4.79 Å². The highest BCUT2D eigenvalue weighted by atomic mass is 16.5. The zero-order valence-electron chi connectivity index (χ0n) is 14.5. The average molecular weight is 344 g/mol. The number of carbonyl (C=O) groups is 1. The van der Waals surface area contributed by atoms with E-state index in [0.29, 0.717) is 34.1 Å². The van der Waals surface area contributed by atoms with Crippen LogP contribution in [0.1, 0.15) is 15.9 Å². The minimum Gasteiger partial charge on any atom is -0.497 e. The molecule has 1 amide bonds. The summed E-state index contributed by atoms with van der Waals surface area (Å²) in [5.74, 6) is 1.85. The van der Waals surface area contributed by atoms with Crippen molar-refractivity contribution >= 4 is 12.1 Å². The van der Waals surface area contributed by atoms with Gasteiger partial charge in [-0.3, -0.25) is 4.79 Å². The van der Waals surface area contributed by atoms with E-state index in [2.05, 4.69) is 10.5 Å². The first kappa shape index (κ1) is 18.1. The number of hydrazone groups is 1. The van der Waals surface area contributed by atoms with Gasteiger partial charge in [0.05, 0.1) is 34.7 Å². The maximum atomic E-state index is 12.0. The summed E-state index contributed by atoms with van der Waals surface area (Å²) in [6, 6.07) is 10.2. The second kappa shape index (κ2) is 8.58. The van der Waals surface area contributed by atoms with E-state index in [1.54, 1.807) is 43.5 Å². The van der Waals surface area contributed by atoms with E-state index in [-0.39, 0.29) is 5.91 Å². The van der Waals surface area contributed by atoms with Crippen molar-refractivity contribution < 1.29 is 23.7 Å². The number of hydrogen-bond donors (Lipinski definition) is 1. The molecule has 0 aliphatic heterocycles. The van der Waals surface area contributed by atoms with Crippen LogP contribution in [0.15, 0.2) is 41.5 Å². The Morgan fingerprint density at radius 1 is 0.920 bits per heavy atom. The van der Waals surface area contributed by atoms with Gasteiger partial charge in [0.1, 0.15) is 5.75 Å². The number of methoxy groups -OCH3 is 4. The van der Waals surface area contributed by atoms with Gasteiger partial charge < -0.3 is 18.9 Å². The molecule has 1 N–H and O–H groups in total. The van der Waals surface area contributed by atoms with Crippen molar-refractivity contribution in [1.82, 2.24) is 5.43 Å². The molecule has 132 valence electrons. The third kappa shape index (κ3) is 4.41. The molecular weight excluding hydrogens is 324 g/mol. The Bertz CT molecular complexity index is 732. The number of amides is 1. The van der Waals surface area contributed by atoms with Gasteiger partial charge in [-0.05, 0) is 36.4 Å². The fraction of sp³-hybridized carbons (Fsp3) is 0.222. The van der Waals surface area contributed by atoms with E-state index in [0.717, 1.165) is 0 Å². The van der Waals surface area contributed by atoms with Gasteiger partial charge in [0.15, 0.2) is 11.5 Å². The molecule has 0 unspecified atom stereocenters. The van der Waals surface area contributed by atoms with Crippen LogP contribution in [-0.2, 0) is 0 Å². The Balaban J connectivity index is 2.11. The SMILES string of the molecule is COc1ccc(C(=O)N/N=C\c2cc(OC)c(OC)c(OC)c2)cc1. The summed E-state index contributed by atoms with van der Waals surface area (Å²) in [4.78, 5) is 12.0. The van der Waals surface area contributed by atoms with E-state index in [1.165, 1.54) is 27.5 Å². The van der Waals surface area contributed by atoms with Gasteiger partial charge in [0, 0.05) is 11.1 Å². The van der Waals surface area contributed by atoms with Crippen molar-refractivity contribution in [1.29, 1.82) is 0 Å². The zero-order chi connectivity index (χ0) is 18.2. The summed E-state index contributed by atoms with van der Waals surface area (Å²) < 4.78 is 20.9. The lowest BCUT2D eigenvalue weighted by Gasteiger charge is -2.12. The molecule has 0 bridgehead atoms. The predicted octanol–water partition coefficient (Wildman–Crippen LogP) is 2.48. The second-order valence-electron chi connectivity index (χ2n) is 4.89. The predicted molar refractivity (Wildman–Crippen MR) is 94.2 cm³/mol. The molecule has 25 heavy (non-hydrogen) atoms. The first-order valence-electron chi connectivity index (χ1n) is 7.40. The monoisotopic (exact) mass is 344 g/mol. The molecule has 0 aromatic heterocycles. The van der Waals surface area contributed by atoms with Gasteiger partial charge >= 0.3 is 0 Å². The van der Waals surface area contributed by atoms with Crippen LogP contribution in [0.25, 0.3) is 0 Å². The average Bonchev–Trinajstić information content (AvgIpc) is 2.66. The van der Waals surface area contributed by atoms with Crippen molar-refractivity contribution in [3.8, 4) is 23.0 Å². The first-order valence-corrected chi connectivity index (χ1v) is 7.40. The second-order valence-corrected chi connectivity index (χ2v) is 4.89. The minimum atomic E-state index is -0.327. The minimum absolute atomic E-state index is 0.327. The van der Waals surface area contributed by atoms with Gasteiger partial charge in [0.25, 0.3) is 5.91 Å². The molecule has 0 saturated carbocycles. The molecule has 0 atom stereocenters. The Labute approximate surface area is 146 Å². The summed E-state index contributed by atoms with van der Waals surface area (Å²) >= 11 is 0. The summed E-state index contributed by atoms with van der Waals surface area (Å²) in [6.07, 6.45) is 1.49. The van der Waals surface area contributed by atoms with E-state index in [1.807, 2.05) is 0 Å². The molecule has 0 aliphatic rings.